The van der Waals surface area contributed by atoms with Gasteiger partial charge in [-0.1, -0.05) is 10.5 Å². The van der Waals surface area contributed by atoms with Crippen LogP contribution in [0.15, 0.2) is 28.1 Å². The maximum atomic E-state index is 4.12. The van der Waals surface area contributed by atoms with E-state index in [-0.39, 0.29) is 10.5 Å². The molecule has 0 bridgehead atoms. The molecule has 0 aromatic carbocycles. The molecule has 3 aliphatic rings. The second-order valence-corrected chi connectivity index (χ2v) is 5.38. The molecule has 4 N–H and O–H groups in total. The van der Waals surface area contributed by atoms with Crippen molar-refractivity contribution in [2.75, 3.05) is 19.6 Å². The summed E-state index contributed by atoms with van der Waals surface area (Å²) in [5, 5.41) is 16.8. The first-order valence-electron chi connectivity index (χ1n) is 5.44. The minimum absolute atomic E-state index is 0.00203. The normalized spacial score (nSPS) is 30.2. The van der Waals surface area contributed by atoms with Crippen LogP contribution in [0, 0.1) is 0 Å². The van der Waals surface area contributed by atoms with Crippen molar-refractivity contribution in [2.24, 2.45) is 4.99 Å². The predicted octanol–water partition coefficient (Wildman–Crippen LogP) is -0.199. The van der Waals surface area contributed by atoms with Crippen LogP contribution in [-0.2, 0) is 0 Å². The smallest absolute Gasteiger partial charge is 0.119 e. The molecule has 3 aliphatic heterocycles. The highest BCUT2D eigenvalue weighted by Gasteiger charge is 2.17. The van der Waals surface area contributed by atoms with Gasteiger partial charge in [0.2, 0.25) is 0 Å². The Bertz CT molecular complexity index is 399. The zero-order valence-corrected chi connectivity index (χ0v) is 9.73. The van der Waals surface area contributed by atoms with Crippen LogP contribution in [0.4, 0.5) is 0 Å². The van der Waals surface area contributed by atoms with Gasteiger partial charge in [0.1, 0.15) is 10.9 Å². The van der Waals surface area contributed by atoms with Crippen molar-refractivity contribution in [3.8, 4) is 0 Å². The maximum absolute atomic E-state index is 4.12. The summed E-state index contributed by atoms with van der Waals surface area (Å²) in [5.41, 5.74) is 3.23. The molecule has 6 heteroatoms. The highest BCUT2D eigenvalue weighted by atomic mass is 32.2. The molecule has 3 heterocycles. The van der Waals surface area contributed by atoms with Crippen LogP contribution in [0.3, 0.4) is 0 Å². The average molecular weight is 237 g/mol. The lowest BCUT2D eigenvalue weighted by atomic mass is 10.2. The van der Waals surface area contributed by atoms with E-state index in [0.717, 1.165) is 37.0 Å². The summed E-state index contributed by atoms with van der Waals surface area (Å²) in [7, 11) is -0.00203. The van der Waals surface area contributed by atoms with Gasteiger partial charge in [-0.2, -0.15) is 0 Å². The Morgan fingerprint density at radius 3 is 2.75 bits per heavy atom. The van der Waals surface area contributed by atoms with Gasteiger partial charge in [-0.05, 0) is 5.41 Å². The van der Waals surface area contributed by atoms with Crippen LogP contribution < -0.4 is 21.3 Å². The number of nitrogens with one attached hydrogen (secondary N) is 4. The molecule has 2 saturated heterocycles. The summed E-state index contributed by atoms with van der Waals surface area (Å²) in [5.74, 6) is 1.16. The van der Waals surface area contributed by atoms with Crippen molar-refractivity contribution in [1.29, 1.82) is 0 Å². The fourth-order valence-electron chi connectivity index (χ4n) is 1.88. The van der Waals surface area contributed by atoms with Gasteiger partial charge in [-0.15, -0.1) is 0 Å². The Morgan fingerprint density at radius 1 is 1.12 bits per heavy atom. The van der Waals surface area contributed by atoms with Crippen molar-refractivity contribution in [3.05, 3.63) is 23.1 Å². The van der Waals surface area contributed by atoms with E-state index < -0.39 is 0 Å². The van der Waals surface area contributed by atoms with E-state index in [2.05, 4.69) is 31.7 Å². The lowest BCUT2D eigenvalue weighted by Crippen LogP contribution is -2.44. The minimum atomic E-state index is -0.00203. The van der Waals surface area contributed by atoms with Gasteiger partial charge in [0.15, 0.2) is 0 Å². The largest absolute Gasteiger partial charge is 0.369 e. The number of nitrogens with zero attached hydrogens (tertiary/aromatic N) is 1. The standard InChI is InChI=1S/C10H15N5S/c1-2-14-10(16-6-5-11-7-16)15-8(1)9-12-3-4-13-9/h5-7,12-15H,1-4H2. The predicted molar refractivity (Wildman–Crippen MR) is 69.0 cm³/mol. The van der Waals surface area contributed by atoms with E-state index in [1.54, 1.807) is 0 Å². The monoisotopic (exact) mass is 237 g/mol. The van der Waals surface area contributed by atoms with E-state index >= 15 is 0 Å². The van der Waals surface area contributed by atoms with E-state index in [0.29, 0.717) is 0 Å². The second kappa shape index (κ2) is 4.31. The number of rotatable bonds is 0. The van der Waals surface area contributed by atoms with Gasteiger partial charge < -0.3 is 16.0 Å². The third-order valence-electron chi connectivity index (χ3n) is 2.66. The molecular formula is C10H15N5S. The average Bonchev–Trinajstić information content (AvgIpc) is 3.03. The van der Waals surface area contributed by atoms with Crippen molar-refractivity contribution in [3.63, 3.8) is 0 Å². The zero-order valence-electron chi connectivity index (χ0n) is 8.92. The molecule has 0 aromatic rings. The van der Waals surface area contributed by atoms with Crippen molar-refractivity contribution >= 4 is 21.1 Å². The minimum Gasteiger partial charge on any atom is -0.369 e. The molecule has 16 heavy (non-hydrogen) atoms. The van der Waals surface area contributed by atoms with Crippen LogP contribution >= 0.6 is 10.5 Å². The van der Waals surface area contributed by atoms with E-state index in [1.807, 2.05) is 11.7 Å². The Hall–Kier alpha value is -1.27. The van der Waals surface area contributed by atoms with Gasteiger partial charge >= 0.3 is 0 Å². The van der Waals surface area contributed by atoms with Crippen LogP contribution in [0.1, 0.15) is 6.42 Å². The van der Waals surface area contributed by atoms with E-state index in [4.69, 9.17) is 0 Å². The van der Waals surface area contributed by atoms with Crippen molar-refractivity contribution < 1.29 is 0 Å². The highest BCUT2D eigenvalue weighted by molar-refractivity contribution is 8.29. The van der Waals surface area contributed by atoms with Crippen LogP contribution in [0.25, 0.3) is 0 Å². The summed E-state index contributed by atoms with van der Waals surface area (Å²) < 4.78 is 0. The summed E-state index contributed by atoms with van der Waals surface area (Å²) in [6, 6.07) is 0. The molecule has 0 aromatic heterocycles. The fourth-order valence-corrected chi connectivity index (χ4v) is 3.11. The van der Waals surface area contributed by atoms with Crippen LogP contribution in [-0.4, -0.2) is 30.3 Å². The topological polar surface area (TPSA) is 60.5 Å². The third-order valence-corrected chi connectivity index (χ3v) is 4.14. The molecule has 3 rings (SSSR count). The molecule has 0 aliphatic carbocycles. The number of hydrogen-bond donors (Lipinski definition) is 4. The van der Waals surface area contributed by atoms with Crippen molar-refractivity contribution in [1.82, 2.24) is 21.3 Å². The molecular weight excluding hydrogens is 222 g/mol. The summed E-state index contributed by atoms with van der Waals surface area (Å²) in [6.07, 6.45) is 2.88. The van der Waals surface area contributed by atoms with Gasteiger partial charge in [0.25, 0.3) is 0 Å². The molecule has 1 unspecified atom stereocenters. The lowest BCUT2D eigenvalue weighted by molar-refractivity contribution is 0.724. The first-order valence-corrected chi connectivity index (χ1v) is 6.79. The van der Waals surface area contributed by atoms with E-state index in [1.165, 1.54) is 5.70 Å². The summed E-state index contributed by atoms with van der Waals surface area (Å²) in [6.45, 7) is 3.00. The number of aliphatic imine (C=N–C) groups is 1. The molecule has 0 radical (unpaired) electrons. The first kappa shape index (κ1) is 9.92. The maximum Gasteiger partial charge on any atom is 0.119 e. The SMILES string of the molecule is C1=CS(=C2NCCC(=C3NCCN3)N2)C=N1. The molecule has 0 saturated carbocycles. The van der Waals surface area contributed by atoms with Crippen molar-refractivity contribution in [2.45, 2.75) is 6.42 Å². The van der Waals surface area contributed by atoms with Gasteiger partial charge in [-0.25, -0.2) is 0 Å². The fraction of sp³-hybridized carbons (Fsp3) is 0.400. The first-order chi connectivity index (χ1) is 7.93. The third kappa shape index (κ3) is 1.85. The molecule has 1 atom stereocenters. The second-order valence-electron chi connectivity index (χ2n) is 3.75. The quantitative estimate of drug-likeness (QED) is 0.441. The van der Waals surface area contributed by atoms with Gasteiger partial charge in [0.05, 0.1) is 11.2 Å². The number of hydrogen-bond acceptors (Lipinski definition) is 3. The Morgan fingerprint density at radius 2 is 2.00 bits per heavy atom. The summed E-state index contributed by atoms with van der Waals surface area (Å²) in [4.78, 5) is 4.12. The van der Waals surface area contributed by atoms with Gasteiger partial charge in [0, 0.05) is 32.3 Å². The van der Waals surface area contributed by atoms with Crippen LogP contribution in [0.5, 0.6) is 0 Å². The Balaban J connectivity index is 1.85. The highest BCUT2D eigenvalue weighted by Crippen LogP contribution is 2.19. The Kier molecular flexibility index (Phi) is 2.67. The zero-order chi connectivity index (χ0) is 10.8. The molecule has 0 spiro atoms. The Labute approximate surface area is 97.0 Å². The molecule has 5 nitrogen and oxygen atoms in total. The van der Waals surface area contributed by atoms with Crippen LogP contribution in [0.2, 0.25) is 0 Å². The van der Waals surface area contributed by atoms with Gasteiger partial charge in [-0.3, -0.25) is 10.3 Å². The molecule has 86 valence electrons. The summed E-state index contributed by atoms with van der Waals surface area (Å²) >= 11 is 0. The van der Waals surface area contributed by atoms with E-state index in [9.17, 15) is 0 Å². The lowest BCUT2D eigenvalue weighted by Gasteiger charge is -2.24. The molecule has 0 amide bonds. The molecule has 2 fully saturated rings.